The third-order valence-electron chi connectivity index (χ3n) is 4.56. The summed E-state index contributed by atoms with van der Waals surface area (Å²) in [5.74, 6) is -0.847. The van der Waals surface area contributed by atoms with Crippen LogP contribution in [0.5, 0.6) is 0 Å². The van der Waals surface area contributed by atoms with Crippen LogP contribution in [-0.4, -0.2) is 47.4 Å². The summed E-state index contributed by atoms with van der Waals surface area (Å²) in [4.78, 5) is 41.0. The van der Waals surface area contributed by atoms with E-state index < -0.39 is 17.8 Å². The molecule has 122 valence electrons. The van der Waals surface area contributed by atoms with E-state index in [1.54, 1.807) is 12.1 Å². The summed E-state index contributed by atoms with van der Waals surface area (Å²) >= 11 is 0. The molecule has 2 heterocycles. The Kier molecular flexibility index (Phi) is 4.17. The van der Waals surface area contributed by atoms with Gasteiger partial charge in [-0.25, -0.2) is 14.6 Å². The predicted octanol–water partition coefficient (Wildman–Crippen LogP) is 1.98. The zero-order chi connectivity index (χ0) is 16.6. The number of hydrogen-bond donors (Lipinski definition) is 0. The van der Waals surface area contributed by atoms with E-state index in [1.807, 2.05) is 19.1 Å². The number of hydrogen-bond acceptors (Lipinski definition) is 4. The fraction of sp³-hybridized carbons (Fsp3) is 0.471. The first-order valence-corrected chi connectivity index (χ1v) is 7.96. The van der Waals surface area contributed by atoms with E-state index in [-0.39, 0.29) is 6.67 Å². The molecule has 1 aromatic carbocycles. The Labute approximate surface area is 135 Å². The molecule has 0 N–H and O–H groups in total. The molecule has 2 aliphatic heterocycles. The molecule has 0 saturated carbocycles. The second kappa shape index (κ2) is 6.12. The van der Waals surface area contributed by atoms with E-state index in [0.717, 1.165) is 41.3 Å². The number of piperidine rings is 1. The van der Waals surface area contributed by atoms with Gasteiger partial charge in [0.1, 0.15) is 0 Å². The lowest BCUT2D eigenvalue weighted by atomic mass is 10.00. The fourth-order valence-electron chi connectivity index (χ4n) is 2.96. The minimum absolute atomic E-state index is 0.193. The van der Waals surface area contributed by atoms with Crippen molar-refractivity contribution in [1.82, 2.24) is 9.80 Å². The van der Waals surface area contributed by atoms with Crippen LogP contribution in [0.1, 0.15) is 25.3 Å². The monoisotopic (exact) mass is 315 g/mol. The van der Waals surface area contributed by atoms with E-state index in [0.29, 0.717) is 11.6 Å². The molecule has 2 aliphatic rings. The molecule has 6 heteroatoms. The van der Waals surface area contributed by atoms with Crippen molar-refractivity contribution in [2.24, 2.45) is 5.92 Å². The molecular formula is C17H21N3O3. The van der Waals surface area contributed by atoms with Crippen molar-refractivity contribution < 1.29 is 14.4 Å². The minimum Gasteiger partial charge on any atom is -0.285 e. The lowest BCUT2D eigenvalue weighted by Crippen LogP contribution is -2.45. The van der Waals surface area contributed by atoms with Crippen molar-refractivity contribution in [2.45, 2.75) is 26.7 Å². The molecule has 2 saturated heterocycles. The Morgan fingerprint density at radius 2 is 1.61 bits per heavy atom. The number of benzene rings is 1. The largest absolute Gasteiger partial charge is 0.340 e. The van der Waals surface area contributed by atoms with Gasteiger partial charge in [0.15, 0.2) is 0 Å². The molecule has 3 rings (SSSR count). The number of aryl methyl sites for hydroxylation is 1. The van der Waals surface area contributed by atoms with E-state index in [4.69, 9.17) is 0 Å². The van der Waals surface area contributed by atoms with Crippen LogP contribution in [0.15, 0.2) is 24.3 Å². The smallest absolute Gasteiger partial charge is 0.285 e. The first kappa shape index (κ1) is 15.7. The molecular weight excluding hydrogens is 294 g/mol. The maximum atomic E-state index is 12.5. The van der Waals surface area contributed by atoms with Gasteiger partial charge in [-0.2, -0.15) is 0 Å². The molecule has 0 spiro atoms. The van der Waals surface area contributed by atoms with E-state index in [2.05, 4.69) is 11.8 Å². The molecule has 0 radical (unpaired) electrons. The minimum atomic E-state index is -0.774. The van der Waals surface area contributed by atoms with Crippen LogP contribution < -0.4 is 4.90 Å². The Hall–Kier alpha value is -2.21. The maximum Gasteiger partial charge on any atom is 0.340 e. The molecule has 0 bridgehead atoms. The summed E-state index contributed by atoms with van der Waals surface area (Å²) in [5.41, 5.74) is 1.46. The third kappa shape index (κ3) is 2.99. The summed E-state index contributed by atoms with van der Waals surface area (Å²) in [5, 5.41) is 0. The van der Waals surface area contributed by atoms with E-state index >= 15 is 0 Å². The average Bonchev–Trinajstić information content (AvgIpc) is 2.74. The molecule has 1 aromatic rings. The van der Waals surface area contributed by atoms with Crippen molar-refractivity contribution in [3.05, 3.63) is 29.8 Å². The van der Waals surface area contributed by atoms with Gasteiger partial charge in [0, 0.05) is 13.1 Å². The highest BCUT2D eigenvalue weighted by molar-refractivity contribution is 6.52. The summed E-state index contributed by atoms with van der Waals surface area (Å²) in [6.07, 6.45) is 2.09. The molecule has 4 amide bonds. The zero-order valence-corrected chi connectivity index (χ0v) is 13.5. The Morgan fingerprint density at radius 1 is 1.00 bits per heavy atom. The second-order valence-electron chi connectivity index (χ2n) is 6.43. The van der Waals surface area contributed by atoms with Crippen molar-refractivity contribution >= 4 is 23.5 Å². The normalized spacial score (nSPS) is 20.7. The van der Waals surface area contributed by atoms with Crippen LogP contribution in [0.25, 0.3) is 0 Å². The van der Waals surface area contributed by atoms with E-state index in [9.17, 15) is 14.4 Å². The Morgan fingerprint density at radius 3 is 2.22 bits per heavy atom. The lowest BCUT2D eigenvalue weighted by Gasteiger charge is -2.32. The molecule has 6 nitrogen and oxygen atoms in total. The predicted molar refractivity (Wildman–Crippen MR) is 85.7 cm³/mol. The van der Waals surface area contributed by atoms with Crippen LogP contribution in [0.3, 0.4) is 0 Å². The number of carbonyl (C=O) groups is 3. The highest BCUT2D eigenvalue weighted by Gasteiger charge is 2.45. The first-order chi connectivity index (χ1) is 11.0. The van der Waals surface area contributed by atoms with Gasteiger partial charge in [0.05, 0.1) is 12.4 Å². The van der Waals surface area contributed by atoms with Gasteiger partial charge in [0.2, 0.25) is 0 Å². The zero-order valence-electron chi connectivity index (χ0n) is 13.5. The number of likely N-dealkylation sites (tertiary alicyclic amines) is 1. The van der Waals surface area contributed by atoms with Gasteiger partial charge < -0.3 is 0 Å². The van der Waals surface area contributed by atoms with Crippen LogP contribution >= 0.6 is 0 Å². The molecule has 0 atom stereocenters. The Bertz CT molecular complexity index is 633. The van der Waals surface area contributed by atoms with Crippen LogP contribution in [0.4, 0.5) is 10.5 Å². The number of urea groups is 1. The van der Waals surface area contributed by atoms with Crippen LogP contribution in [-0.2, 0) is 9.59 Å². The fourth-order valence-corrected chi connectivity index (χ4v) is 2.96. The standard InChI is InChI=1S/C17H21N3O3/c1-12-3-5-14(6-4-12)20-16(22)15(21)19(17(20)23)11-18-9-7-13(2)8-10-18/h3-6,13H,7-11H2,1-2H3. The van der Waals surface area contributed by atoms with Gasteiger partial charge in [-0.05, 0) is 37.8 Å². The van der Waals surface area contributed by atoms with Crippen molar-refractivity contribution in [2.75, 3.05) is 24.7 Å². The summed E-state index contributed by atoms with van der Waals surface area (Å²) in [6.45, 7) is 6.00. The first-order valence-electron chi connectivity index (χ1n) is 7.96. The Balaban J connectivity index is 1.75. The molecule has 0 unspecified atom stereocenters. The van der Waals surface area contributed by atoms with Crippen LogP contribution in [0, 0.1) is 12.8 Å². The number of carbonyl (C=O) groups excluding carboxylic acids is 3. The quantitative estimate of drug-likeness (QED) is 0.632. The highest BCUT2D eigenvalue weighted by Crippen LogP contribution is 2.24. The highest BCUT2D eigenvalue weighted by atomic mass is 16.2. The van der Waals surface area contributed by atoms with Crippen molar-refractivity contribution in [3.63, 3.8) is 0 Å². The van der Waals surface area contributed by atoms with Gasteiger partial charge in [-0.3, -0.25) is 14.5 Å². The molecule has 23 heavy (non-hydrogen) atoms. The molecule has 0 aliphatic carbocycles. The van der Waals surface area contributed by atoms with Crippen LogP contribution in [0.2, 0.25) is 0 Å². The topological polar surface area (TPSA) is 60.9 Å². The van der Waals surface area contributed by atoms with Gasteiger partial charge in [-0.1, -0.05) is 24.6 Å². The number of rotatable bonds is 3. The van der Waals surface area contributed by atoms with Crippen molar-refractivity contribution in [3.8, 4) is 0 Å². The van der Waals surface area contributed by atoms with Gasteiger partial charge >= 0.3 is 17.8 Å². The van der Waals surface area contributed by atoms with E-state index in [1.165, 1.54) is 0 Å². The number of nitrogens with zero attached hydrogens (tertiary/aromatic N) is 3. The van der Waals surface area contributed by atoms with Gasteiger partial charge in [0.25, 0.3) is 0 Å². The summed E-state index contributed by atoms with van der Waals surface area (Å²) in [6, 6.07) is 6.45. The number of imide groups is 2. The number of amides is 4. The van der Waals surface area contributed by atoms with Gasteiger partial charge in [-0.15, -0.1) is 0 Å². The number of anilines is 1. The third-order valence-corrected chi connectivity index (χ3v) is 4.56. The maximum absolute atomic E-state index is 12.5. The lowest BCUT2D eigenvalue weighted by molar-refractivity contribution is -0.140. The average molecular weight is 315 g/mol. The summed E-state index contributed by atoms with van der Waals surface area (Å²) < 4.78 is 0. The molecule has 2 fully saturated rings. The van der Waals surface area contributed by atoms with Crippen molar-refractivity contribution in [1.29, 1.82) is 0 Å². The molecule has 0 aromatic heterocycles. The summed E-state index contributed by atoms with van der Waals surface area (Å²) in [7, 11) is 0. The second-order valence-corrected chi connectivity index (χ2v) is 6.43. The SMILES string of the molecule is Cc1ccc(N2C(=O)C(=O)N(CN3CCC(C)CC3)C2=O)cc1.